The fourth-order valence-electron chi connectivity index (χ4n) is 5.94. The van der Waals surface area contributed by atoms with E-state index in [1.807, 2.05) is 0 Å². The van der Waals surface area contributed by atoms with Gasteiger partial charge < -0.3 is 4.57 Å². The maximum absolute atomic E-state index is 2.42. The lowest BCUT2D eigenvalue weighted by Crippen LogP contribution is -1.94. The van der Waals surface area contributed by atoms with Crippen LogP contribution in [0, 0.1) is 0 Å². The number of hydrogen-bond donors (Lipinski definition) is 0. The second-order valence-corrected chi connectivity index (χ2v) is 10.00. The van der Waals surface area contributed by atoms with Crippen molar-refractivity contribution in [2.24, 2.45) is 0 Å². The van der Waals surface area contributed by atoms with Crippen molar-refractivity contribution in [3.63, 3.8) is 0 Å². The molecule has 0 radical (unpaired) electrons. The Morgan fingerprint density at radius 1 is 0.556 bits per heavy atom. The molecule has 174 valence electrons. The zero-order valence-electron chi connectivity index (χ0n) is 20.9. The molecule has 1 heterocycles. The molecule has 0 unspecified atom stereocenters. The van der Waals surface area contributed by atoms with Crippen LogP contribution < -0.4 is 0 Å². The van der Waals surface area contributed by atoms with Crippen molar-refractivity contribution >= 4 is 21.8 Å². The van der Waals surface area contributed by atoms with Crippen molar-refractivity contribution in [1.82, 2.24) is 4.57 Å². The monoisotopic (exact) mass is 463 g/mol. The molecule has 0 saturated carbocycles. The highest BCUT2D eigenvalue weighted by Crippen LogP contribution is 2.39. The lowest BCUT2D eigenvalue weighted by molar-refractivity contribution is 1.13. The van der Waals surface area contributed by atoms with E-state index in [9.17, 15) is 0 Å². The van der Waals surface area contributed by atoms with Crippen LogP contribution in [0.25, 0.3) is 49.7 Å². The first-order chi connectivity index (χ1) is 17.7. The van der Waals surface area contributed by atoms with E-state index in [0.717, 1.165) is 19.3 Å². The Bertz CT molecular complexity index is 1700. The summed E-state index contributed by atoms with van der Waals surface area (Å²) in [7, 11) is 0. The number of hydrogen-bond acceptors (Lipinski definition) is 0. The maximum atomic E-state index is 2.42. The molecule has 0 bridgehead atoms. The van der Waals surface area contributed by atoms with Crippen molar-refractivity contribution in [3.8, 4) is 27.9 Å². The molecular weight excluding hydrogens is 434 g/mol. The van der Waals surface area contributed by atoms with E-state index in [1.54, 1.807) is 0 Å². The van der Waals surface area contributed by atoms with Crippen molar-refractivity contribution < 1.29 is 0 Å². The molecule has 0 saturated heterocycles. The highest BCUT2D eigenvalue weighted by Gasteiger charge is 2.18. The summed E-state index contributed by atoms with van der Waals surface area (Å²) in [5, 5.41) is 2.70. The molecule has 0 aliphatic heterocycles. The summed E-state index contributed by atoms with van der Waals surface area (Å²) in [4.78, 5) is 0. The first-order valence-electron chi connectivity index (χ1n) is 13.1. The number of benzene rings is 5. The summed E-state index contributed by atoms with van der Waals surface area (Å²) in [6, 6.07) is 38.7. The lowest BCUT2D eigenvalue weighted by atomic mass is 9.98. The van der Waals surface area contributed by atoms with Gasteiger partial charge in [-0.2, -0.15) is 0 Å². The van der Waals surface area contributed by atoms with Gasteiger partial charge in [0, 0.05) is 16.5 Å². The summed E-state index contributed by atoms with van der Waals surface area (Å²) >= 11 is 0. The normalized spacial score (nSPS) is 12.3. The minimum atomic E-state index is 1.04. The van der Waals surface area contributed by atoms with Crippen LogP contribution in [0.2, 0.25) is 0 Å². The topological polar surface area (TPSA) is 4.93 Å². The van der Waals surface area contributed by atoms with Crippen LogP contribution in [0.4, 0.5) is 0 Å². The average Bonchev–Trinajstić information content (AvgIpc) is 3.47. The zero-order valence-corrected chi connectivity index (χ0v) is 20.9. The van der Waals surface area contributed by atoms with Crippen molar-refractivity contribution in [2.75, 3.05) is 0 Å². The minimum absolute atomic E-state index is 1.04. The fourth-order valence-corrected chi connectivity index (χ4v) is 5.94. The second-order valence-electron chi connectivity index (χ2n) is 10.00. The Morgan fingerprint density at radius 3 is 1.83 bits per heavy atom. The average molecular weight is 464 g/mol. The molecule has 0 atom stereocenters. The first-order valence-corrected chi connectivity index (χ1v) is 13.1. The zero-order chi connectivity index (χ0) is 24.2. The van der Waals surface area contributed by atoms with Crippen LogP contribution in [-0.4, -0.2) is 4.57 Å². The third-order valence-electron chi connectivity index (χ3n) is 7.97. The third-order valence-corrected chi connectivity index (χ3v) is 7.97. The van der Waals surface area contributed by atoms with E-state index in [2.05, 4.69) is 122 Å². The van der Waals surface area contributed by atoms with Gasteiger partial charge >= 0.3 is 0 Å². The van der Waals surface area contributed by atoms with Gasteiger partial charge in [-0.05, 0) is 106 Å². The number of aromatic nitrogens is 1. The van der Waals surface area contributed by atoms with Crippen LogP contribution >= 0.6 is 0 Å². The quantitative estimate of drug-likeness (QED) is 0.245. The number of rotatable bonds is 4. The van der Waals surface area contributed by atoms with Crippen LogP contribution in [0.3, 0.4) is 0 Å². The van der Waals surface area contributed by atoms with Crippen LogP contribution in [0.15, 0.2) is 103 Å². The molecule has 1 aromatic heterocycles. The second kappa shape index (κ2) is 8.24. The predicted octanol–water partition coefficient (Wildman–Crippen LogP) is 9.15. The Kier molecular flexibility index (Phi) is 4.85. The fraction of sp³-hybridized carbons (Fsp3) is 0.143. The Labute approximate surface area is 212 Å². The highest BCUT2D eigenvalue weighted by molar-refractivity contribution is 6.09. The SMILES string of the molecule is CCc1ccc2c(c1)c1cc(CC)ccc1n2-c1ccc(-c2ccc3c(c2)-c2ccccc2C3)cc1. The first kappa shape index (κ1) is 21.2. The molecule has 1 heteroatoms. The predicted molar refractivity (Wildman–Crippen MR) is 153 cm³/mol. The van der Waals surface area contributed by atoms with Crippen molar-refractivity contribution in [3.05, 3.63) is 125 Å². The molecule has 1 aliphatic carbocycles. The van der Waals surface area contributed by atoms with Gasteiger partial charge in [-0.25, -0.2) is 0 Å². The molecule has 6 aromatic rings. The van der Waals surface area contributed by atoms with Gasteiger partial charge in [0.1, 0.15) is 0 Å². The summed E-state index contributed by atoms with van der Waals surface area (Å²) < 4.78 is 2.42. The number of fused-ring (bicyclic) bond motifs is 6. The molecule has 1 aliphatic rings. The lowest BCUT2D eigenvalue weighted by Gasteiger charge is -2.11. The molecule has 5 aromatic carbocycles. The molecule has 0 N–H and O–H groups in total. The molecular formula is C35H29N. The summed E-state index contributed by atoms with van der Waals surface area (Å²) in [5.41, 5.74) is 14.7. The van der Waals surface area contributed by atoms with E-state index in [4.69, 9.17) is 0 Å². The van der Waals surface area contributed by atoms with E-state index < -0.39 is 0 Å². The van der Waals surface area contributed by atoms with Gasteiger partial charge in [-0.15, -0.1) is 0 Å². The number of aryl methyl sites for hydroxylation is 2. The highest BCUT2D eigenvalue weighted by atomic mass is 15.0. The molecule has 0 fully saturated rings. The van der Waals surface area contributed by atoms with Gasteiger partial charge in [0.05, 0.1) is 11.0 Å². The Hall–Kier alpha value is -4.10. The third kappa shape index (κ3) is 3.23. The Morgan fingerprint density at radius 2 is 1.17 bits per heavy atom. The summed E-state index contributed by atoms with van der Waals surface area (Å²) in [6.07, 6.45) is 3.14. The molecule has 1 nitrogen and oxygen atoms in total. The van der Waals surface area contributed by atoms with E-state index >= 15 is 0 Å². The van der Waals surface area contributed by atoms with Crippen LogP contribution in [0.1, 0.15) is 36.1 Å². The minimum Gasteiger partial charge on any atom is -0.309 e. The van der Waals surface area contributed by atoms with E-state index in [-0.39, 0.29) is 0 Å². The van der Waals surface area contributed by atoms with Crippen LogP contribution in [-0.2, 0) is 19.3 Å². The molecule has 0 amide bonds. The van der Waals surface area contributed by atoms with Crippen molar-refractivity contribution in [2.45, 2.75) is 33.1 Å². The number of nitrogens with zero attached hydrogens (tertiary/aromatic N) is 1. The smallest absolute Gasteiger partial charge is 0.0541 e. The molecule has 36 heavy (non-hydrogen) atoms. The van der Waals surface area contributed by atoms with E-state index in [0.29, 0.717) is 0 Å². The van der Waals surface area contributed by atoms with Gasteiger partial charge in [0.2, 0.25) is 0 Å². The van der Waals surface area contributed by atoms with Gasteiger partial charge in [0.25, 0.3) is 0 Å². The maximum Gasteiger partial charge on any atom is 0.0541 e. The Balaban J connectivity index is 1.34. The van der Waals surface area contributed by atoms with Gasteiger partial charge in [-0.3, -0.25) is 0 Å². The summed E-state index contributed by atoms with van der Waals surface area (Å²) in [5.74, 6) is 0. The molecule has 0 spiro atoms. The van der Waals surface area contributed by atoms with Crippen LogP contribution in [0.5, 0.6) is 0 Å². The summed E-state index contributed by atoms with van der Waals surface area (Å²) in [6.45, 7) is 4.46. The standard InChI is InChI=1S/C35H29N/c1-3-23-9-17-34-32(19-23)33-20-24(4-2)10-18-35(33)36(34)29-15-13-25(14-16-29)26-11-12-28-21-27-7-5-6-8-30(27)31(28)22-26/h5-20,22H,3-4,21H2,1-2H3. The van der Waals surface area contributed by atoms with Crippen molar-refractivity contribution in [1.29, 1.82) is 0 Å². The van der Waals surface area contributed by atoms with Gasteiger partial charge in [0.15, 0.2) is 0 Å². The molecule has 7 rings (SSSR count). The largest absolute Gasteiger partial charge is 0.309 e. The van der Waals surface area contributed by atoms with E-state index in [1.165, 1.54) is 72.0 Å². The van der Waals surface area contributed by atoms with Gasteiger partial charge in [-0.1, -0.05) is 74.5 Å².